The molecule has 1 aliphatic carbocycles. The van der Waals surface area contributed by atoms with E-state index in [-0.39, 0.29) is 29.5 Å². The van der Waals surface area contributed by atoms with Gasteiger partial charge in [-0.1, -0.05) is 43.7 Å². The van der Waals surface area contributed by atoms with E-state index in [2.05, 4.69) is 43.9 Å². The Hall–Kier alpha value is -5.41. The van der Waals surface area contributed by atoms with Crippen LogP contribution in [0.1, 0.15) is 43.7 Å². The quantitative estimate of drug-likeness (QED) is 0.137. The number of nitrogens with zero attached hydrogens (tertiary/aromatic N) is 6. The summed E-state index contributed by atoms with van der Waals surface area (Å²) in [5.74, 6) is 1.49. The van der Waals surface area contributed by atoms with Gasteiger partial charge in [0.1, 0.15) is 24.0 Å². The molecule has 2 amide bonds. The summed E-state index contributed by atoms with van der Waals surface area (Å²) in [6.07, 6.45) is 8.68. The Kier molecular flexibility index (Phi) is 10.2. The summed E-state index contributed by atoms with van der Waals surface area (Å²) in [6.45, 7) is 4.40. The van der Waals surface area contributed by atoms with E-state index in [9.17, 15) is 14.9 Å². The number of aromatic nitrogens is 4. The van der Waals surface area contributed by atoms with E-state index in [4.69, 9.17) is 4.74 Å². The molecule has 4 heterocycles. The van der Waals surface area contributed by atoms with Crippen molar-refractivity contribution in [2.45, 2.75) is 45.2 Å². The van der Waals surface area contributed by atoms with Crippen LogP contribution in [0.4, 0.5) is 22.2 Å². The first-order valence-electron chi connectivity index (χ1n) is 16.4. The van der Waals surface area contributed by atoms with Crippen LogP contribution in [0.5, 0.6) is 0 Å². The van der Waals surface area contributed by atoms with E-state index in [1.807, 2.05) is 48.5 Å². The molecule has 0 bridgehead atoms. The van der Waals surface area contributed by atoms with Gasteiger partial charge in [0.15, 0.2) is 5.69 Å². The molecular weight excluding hydrogens is 606 g/mol. The van der Waals surface area contributed by atoms with Crippen molar-refractivity contribution in [2.75, 3.05) is 30.4 Å². The lowest BCUT2D eigenvalue weighted by Crippen LogP contribution is -2.40. The molecule has 12 nitrogen and oxygen atoms in total. The lowest BCUT2D eigenvalue weighted by Gasteiger charge is -2.27. The average molecular weight is 647 g/mol. The molecule has 3 aromatic heterocycles. The van der Waals surface area contributed by atoms with Crippen LogP contribution in [-0.2, 0) is 18.3 Å². The number of aryl methyl sites for hydroxylation is 1. The first kappa shape index (κ1) is 32.5. The third-order valence-electron chi connectivity index (χ3n) is 8.75. The molecule has 6 rings (SSSR count). The fourth-order valence-corrected chi connectivity index (χ4v) is 6.03. The van der Waals surface area contributed by atoms with Crippen molar-refractivity contribution in [3.8, 4) is 17.3 Å². The molecule has 48 heavy (non-hydrogen) atoms. The molecule has 1 saturated heterocycles. The number of nitrogens with one attached hydrogen (secondary N) is 3. The van der Waals surface area contributed by atoms with E-state index in [1.54, 1.807) is 30.1 Å². The van der Waals surface area contributed by atoms with Crippen LogP contribution in [0, 0.1) is 23.2 Å². The van der Waals surface area contributed by atoms with Crippen molar-refractivity contribution in [1.82, 2.24) is 24.8 Å². The second-order valence-electron chi connectivity index (χ2n) is 12.2. The highest BCUT2D eigenvalue weighted by atomic mass is 16.5. The summed E-state index contributed by atoms with van der Waals surface area (Å²) < 4.78 is 8.54. The molecular formula is C36H40N9O3+. The zero-order valence-electron chi connectivity index (χ0n) is 27.2. The molecule has 1 aliphatic heterocycles. The fraction of sp³-hybridized carbons (Fsp3) is 0.361. The Balaban J connectivity index is 1.19. The molecule has 2 fully saturated rings. The molecule has 2 unspecified atom stereocenters. The van der Waals surface area contributed by atoms with Crippen LogP contribution < -0.4 is 21.5 Å². The number of amides is 2. The number of carbonyl (C=O) groups excluding carboxylic acids is 1. The van der Waals surface area contributed by atoms with Crippen LogP contribution in [0.15, 0.2) is 78.0 Å². The number of anilines is 2. The summed E-state index contributed by atoms with van der Waals surface area (Å²) in [7, 11) is 1.71. The zero-order valence-corrected chi connectivity index (χ0v) is 27.2. The van der Waals surface area contributed by atoms with E-state index in [0.29, 0.717) is 55.0 Å². The maximum atomic E-state index is 13.9. The van der Waals surface area contributed by atoms with Crippen LogP contribution in [0.25, 0.3) is 11.3 Å². The van der Waals surface area contributed by atoms with Gasteiger partial charge in [-0.3, -0.25) is 9.78 Å². The van der Waals surface area contributed by atoms with Gasteiger partial charge in [0.2, 0.25) is 5.95 Å². The molecule has 3 N–H and O–H groups in total. The minimum atomic E-state index is -0.193. The lowest BCUT2D eigenvalue weighted by atomic mass is 10.1. The molecule has 1 aromatic carbocycles. The molecule has 12 heteroatoms. The van der Waals surface area contributed by atoms with Crippen LogP contribution >= 0.6 is 0 Å². The number of hydrogen-bond acceptors (Lipinski definition) is 9. The molecule has 2 aliphatic rings. The van der Waals surface area contributed by atoms with Crippen molar-refractivity contribution in [3.63, 3.8) is 0 Å². The van der Waals surface area contributed by atoms with E-state index in [1.165, 1.54) is 10.8 Å². The van der Waals surface area contributed by atoms with Crippen molar-refractivity contribution < 1.29 is 14.1 Å². The number of carbonyl (C=O) groups is 1. The summed E-state index contributed by atoms with van der Waals surface area (Å²) in [5.41, 5.74) is 4.47. The number of pyridine rings is 2. The zero-order chi connectivity index (χ0) is 33.5. The number of urea groups is 1. The van der Waals surface area contributed by atoms with E-state index < -0.39 is 0 Å². The van der Waals surface area contributed by atoms with E-state index in [0.717, 1.165) is 42.5 Å². The smallest absolute Gasteiger partial charge is 0.377 e. The van der Waals surface area contributed by atoms with Crippen molar-refractivity contribution in [1.29, 1.82) is 5.26 Å². The van der Waals surface area contributed by atoms with Gasteiger partial charge < -0.3 is 19.9 Å². The Bertz CT molecular complexity index is 1880. The number of benzene rings is 1. The number of rotatable bonds is 13. The molecule has 0 radical (unpaired) electrons. The van der Waals surface area contributed by atoms with Gasteiger partial charge in [0.25, 0.3) is 5.56 Å². The second kappa shape index (κ2) is 15.0. The first-order chi connectivity index (χ1) is 23.4. The molecule has 1 saturated carbocycles. The van der Waals surface area contributed by atoms with Gasteiger partial charge in [-0.2, -0.15) is 19.6 Å². The number of hydrogen-bond donors (Lipinski definition) is 3. The Morgan fingerprint density at radius 1 is 1.08 bits per heavy atom. The minimum Gasteiger partial charge on any atom is -0.377 e. The summed E-state index contributed by atoms with van der Waals surface area (Å²) >= 11 is 0. The van der Waals surface area contributed by atoms with Crippen LogP contribution in [0.3, 0.4) is 0 Å². The summed E-state index contributed by atoms with van der Waals surface area (Å²) in [4.78, 5) is 39.6. The van der Waals surface area contributed by atoms with Gasteiger partial charge in [0.05, 0.1) is 43.1 Å². The van der Waals surface area contributed by atoms with E-state index >= 15 is 0 Å². The predicted molar refractivity (Wildman–Crippen MR) is 183 cm³/mol. The monoisotopic (exact) mass is 646 g/mol. The highest BCUT2D eigenvalue weighted by Gasteiger charge is 2.51. The summed E-state index contributed by atoms with van der Waals surface area (Å²) in [5, 5.41) is 19.1. The maximum absolute atomic E-state index is 13.9. The number of nitriles is 1. The van der Waals surface area contributed by atoms with Crippen LogP contribution in [0.2, 0.25) is 0 Å². The number of ether oxygens (including phenoxy) is 1. The Labute approximate surface area is 279 Å². The topological polar surface area (TPSA) is 150 Å². The van der Waals surface area contributed by atoms with Crippen molar-refractivity contribution in [2.24, 2.45) is 18.9 Å². The Morgan fingerprint density at radius 3 is 2.58 bits per heavy atom. The van der Waals surface area contributed by atoms with Gasteiger partial charge in [-0.25, -0.2) is 10.3 Å². The summed E-state index contributed by atoms with van der Waals surface area (Å²) in [6, 6.07) is 19.1. The van der Waals surface area contributed by atoms with Crippen LogP contribution in [-0.4, -0.2) is 61.6 Å². The highest BCUT2D eigenvalue weighted by Crippen LogP contribution is 2.43. The molecule has 246 valence electrons. The average Bonchev–Trinajstić information content (AvgIpc) is 3.76. The second-order valence-corrected chi connectivity index (χ2v) is 12.2. The lowest BCUT2D eigenvalue weighted by molar-refractivity contribution is -0.333. The predicted octanol–water partition coefficient (Wildman–Crippen LogP) is 4.85. The van der Waals surface area contributed by atoms with Crippen molar-refractivity contribution in [3.05, 3.63) is 94.7 Å². The largest absolute Gasteiger partial charge is 0.496 e. The maximum Gasteiger partial charge on any atom is 0.496 e. The minimum absolute atomic E-state index is 0.111. The molecule has 4 aromatic rings. The highest BCUT2D eigenvalue weighted by molar-refractivity contribution is 6.03. The third kappa shape index (κ3) is 7.58. The van der Waals surface area contributed by atoms with Gasteiger partial charge in [-0.15, -0.1) is 0 Å². The van der Waals surface area contributed by atoms with Gasteiger partial charge in [-0.05, 0) is 43.0 Å². The normalized spacial score (nSPS) is 17.9. The molecule has 0 spiro atoms. The third-order valence-corrected chi connectivity index (χ3v) is 8.75. The molecule has 2 atom stereocenters. The SMILES string of the molecule is CCCC1/C(=[N+](/C(=O)NCc2ccccc2)c2ccc(-c3ccn(C)c(=O)c3)nc2)C1CCCNc1ncc(C#N)c(NC2COC2)n1. The fourth-order valence-electron chi connectivity index (χ4n) is 6.03. The Morgan fingerprint density at radius 2 is 1.90 bits per heavy atom. The van der Waals surface area contributed by atoms with Gasteiger partial charge in [0, 0.05) is 43.3 Å². The standard InChI is InChI=1S/C36H39N9O3/c1-3-8-29-30(11-7-15-38-35-40-20-26(18-37)34(43-35)42-27-22-48-23-27)33(29)45(36(47)41-19-24-9-5-4-6-10-24)28-12-13-31(39-21-28)25-14-16-44(2)32(46)17-25/h4-6,9-10,12-14,16-17,20-21,27,29-30H,3,7-8,11,15,19,22-23H2,1-2H3,(H2-,38,40,41,42,43,47)/p+1/b45-33-. The van der Waals surface area contributed by atoms with Gasteiger partial charge >= 0.3 is 6.03 Å². The van der Waals surface area contributed by atoms with Crippen molar-refractivity contribution >= 4 is 29.2 Å². The first-order valence-corrected chi connectivity index (χ1v) is 16.4.